The van der Waals surface area contributed by atoms with Crippen molar-refractivity contribution in [3.05, 3.63) is 23.4 Å². The predicted molar refractivity (Wildman–Crippen MR) is 80.5 cm³/mol. The quantitative estimate of drug-likeness (QED) is 0.856. The molecule has 1 aromatic heterocycles. The minimum absolute atomic E-state index is 0.107. The van der Waals surface area contributed by atoms with E-state index in [1.54, 1.807) is 6.92 Å². The predicted octanol–water partition coefficient (Wildman–Crippen LogP) is 2.10. The lowest BCUT2D eigenvalue weighted by atomic mass is 10.1. The van der Waals surface area contributed by atoms with Crippen molar-refractivity contribution in [2.75, 3.05) is 18.5 Å². The molecule has 1 aromatic rings. The van der Waals surface area contributed by atoms with Gasteiger partial charge in [-0.05, 0) is 51.8 Å². The van der Waals surface area contributed by atoms with Crippen LogP contribution in [0.25, 0.3) is 0 Å². The minimum atomic E-state index is -0.353. The molecule has 0 radical (unpaired) electrons. The normalized spacial score (nSPS) is 13.4. The number of hydrogen-bond acceptors (Lipinski definition) is 4. The highest BCUT2D eigenvalue weighted by Gasteiger charge is 2.11. The number of pyridine rings is 1. The third-order valence-corrected chi connectivity index (χ3v) is 2.83. The van der Waals surface area contributed by atoms with E-state index < -0.39 is 0 Å². The van der Waals surface area contributed by atoms with Gasteiger partial charge in [0, 0.05) is 31.9 Å². The van der Waals surface area contributed by atoms with Crippen LogP contribution >= 0.6 is 0 Å². The van der Waals surface area contributed by atoms with Gasteiger partial charge >= 0.3 is 0 Å². The molecule has 0 saturated heterocycles. The molecule has 0 fully saturated rings. The van der Waals surface area contributed by atoms with Gasteiger partial charge in [-0.2, -0.15) is 0 Å². The van der Waals surface area contributed by atoms with Crippen LogP contribution in [0.3, 0.4) is 0 Å². The number of aliphatic hydroxyl groups excluding tert-OH is 1. The van der Waals surface area contributed by atoms with Crippen molar-refractivity contribution in [2.24, 2.45) is 0 Å². The number of likely N-dealkylation sites (N-methyl/N-ethyl adjacent to an activating group) is 1. The first-order valence-corrected chi connectivity index (χ1v) is 6.79. The minimum Gasteiger partial charge on any atom is -0.392 e. The summed E-state index contributed by atoms with van der Waals surface area (Å²) in [4.78, 5) is 6.49. The number of anilines is 1. The fraction of sp³-hybridized carbons (Fsp3) is 0.667. The Kier molecular flexibility index (Phi) is 5.32. The van der Waals surface area contributed by atoms with Gasteiger partial charge in [0.25, 0.3) is 0 Å². The lowest BCUT2D eigenvalue weighted by Gasteiger charge is -2.23. The third-order valence-electron chi connectivity index (χ3n) is 2.83. The highest BCUT2D eigenvalue weighted by Crippen LogP contribution is 2.17. The first kappa shape index (κ1) is 15.9. The standard InChI is InChI=1S/C15H27N3O/c1-11-7-13(9-17-15(3,4)5)8-16-14(11)18(6)10-12(2)19/h7-8,12,17,19H,9-10H2,1-6H3. The van der Waals surface area contributed by atoms with Crippen molar-refractivity contribution >= 4 is 5.82 Å². The summed E-state index contributed by atoms with van der Waals surface area (Å²) in [5, 5.41) is 12.9. The van der Waals surface area contributed by atoms with E-state index in [9.17, 15) is 5.11 Å². The first-order valence-electron chi connectivity index (χ1n) is 6.79. The Bertz CT molecular complexity index is 410. The Morgan fingerprint density at radius 2 is 2.05 bits per heavy atom. The molecule has 2 N–H and O–H groups in total. The van der Waals surface area contributed by atoms with Crippen molar-refractivity contribution in [3.8, 4) is 0 Å². The zero-order valence-electron chi connectivity index (χ0n) is 13.0. The Labute approximate surface area is 116 Å². The van der Waals surface area contributed by atoms with Crippen LogP contribution in [0.4, 0.5) is 5.82 Å². The average molecular weight is 265 g/mol. The number of nitrogens with zero attached hydrogens (tertiary/aromatic N) is 2. The Morgan fingerprint density at radius 3 is 2.53 bits per heavy atom. The van der Waals surface area contributed by atoms with Crippen molar-refractivity contribution < 1.29 is 5.11 Å². The van der Waals surface area contributed by atoms with Gasteiger partial charge in [0.05, 0.1) is 6.10 Å². The number of nitrogens with one attached hydrogen (secondary N) is 1. The van der Waals surface area contributed by atoms with Crippen molar-refractivity contribution in [3.63, 3.8) is 0 Å². The lowest BCUT2D eigenvalue weighted by molar-refractivity contribution is 0.201. The molecular weight excluding hydrogens is 238 g/mol. The van der Waals surface area contributed by atoms with E-state index in [1.165, 1.54) is 5.56 Å². The average Bonchev–Trinajstić information content (AvgIpc) is 2.24. The van der Waals surface area contributed by atoms with Crippen LogP contribution in [0.2, 0.25) is 0 Å². The summed E-state index contributed by atoms with van der Waals surface area (Å²) in [6.45, 7) is 11.7. The molecule has 0 aliphatic carbocycles. The summed E-state index contributed by atoms with van der Waals surface area (Å²) in [6, 6.07) is 2.15. The first-order chi connectivity index (χ1) is 8.69. The number of aliphatic hydroxyl groups is 1. The van der Waals surface area contributed by atoms with Crippen LogP contribution in [0.15, 0.2) is 12.3 Å². The van der Waals surface area contributed by atoms with E-state index in [0.717, 1.165) is 17.9 Å². The van der Waals surface area contributed by atoms with E-state index in [2.05, 4.69) is 44.1 Å². The van der Waals surface area contributed by atoms with E-state index >= 15 is 0 Å². The van der Waals surface area contributed by atoms with Gasteiger partial charge in [0.15, 0.2) is 0 Å². The molecule has 108 valence electrons. The molecular formula is C15H27N3O. The molecule has 1 rings (SSSR count). The number of hydrogen-bond donors (Lipinski definition) is 2. The SMILES string of the molecule is Cc1cc(CNC(C)(C)C)cnc1N(C)CC(C)O. The smallest absolute Gasteiger partial charge is 0.131 e. The second-order valence-corrected chi connectivity index (χ2v) is 6.32. The van der Waals surface area contributed by atoms with Crippen molar-refractivity contribution in [1.82, 2.24) is 10.3 Å². The van der Waals surface area contributed by atoms with E-state index in [4.69, 9.17) is 0 Å². The summed E-state index contributed by atoms with van der Waals surface area (Å²) < 4.78 is 0. The van der Waals surface area contributed by atoms with Crippen LogP contribution in [-0.2, 0) is 6.54 Å². The van der Waals surface area contributed by atoms with Crippen LogP contribution in [-0.4, -0.2) is 35.3 Å². The summed E-state index contributed by atoms with van der Waals surface area (Å²) in [7, 11) is 1.95. The van der Waals surface area contributed by atoms with Crippen LogP contribution < -0.4 is 10.2 Å². The monoisotopic (exact) mass is 265 g/mol. The molecule has 1 heterocycles. The molecule has 1 atom stereocenters. The Hall–Kier alpha value is -1.13. The van der Waals surface area contributed by atoms with Gasteiger partial charge in [-0.3, -0.25) is 0 Å². The number of rotatable bonds is 5. The highest BCUT2D eigenvalue weighted by molar-refractivity contribution is 5.46. The van der Waals surface area contributed by atoms with Gasteiger partial charge in [-0.1, -0.05) is 0 Å². The summed E-state index contributed by atoms with van der Waals surface area (Å²) in [5.74, 6) is 0.931. The maximum absolute atomic E-state index is 9.42. The Balaban J connectivity index is 2.74. The van der Waals surface area contributed by atoms with Crippen LogP contribution in [0.5, 0.6) is 0 Å². The molecule has 0 amide bonds. The maximum Gasteiger partial charge on any atom is 0.131 e. The molecule has 0 aliphatic rings. The van der Waals surface area contributed by atoms with Crippen LogP contribution in [0.1, 0.15) is 38.8 Å². The Morgan fingerprint density at radius 1 is 1.42 bits per heavy atom. The molecule has 4 nitrogen and oxygen atoms in total. The molecule has 0 aromatic carbocycles. The molecule has 0 bridgehead atoms. The summed E-state index contributed by atoms with van der Waals surface area (Å²) in [5.41, 5.74) is 2.42. The summed E-state index contributed by atoms with van der Waals surface area (Å²) in [6.07, 6.45) is 1.55. The highest BCUT2D eigenvalue weighted by atomic mass is 16.3. The molecule has 0 aliphatic heterocycles. The molecule has 0 spiro atoms. The van der Waals surface area contributed by atoms with Gasteiger partial charge in [0.1, 0.15) is 5.82 Å². The van der Waals surface area contributed by atoms with E-state index in [-0.39, 0.29) is 11.6 Å². The van der Waals surface area contributed by atoms with E-state index in [0.29, 0.717) is 6.54 Å². The maximum atomic E-state index is 9.42. The topological polar surface area (TPSA) is 48.4 Å². The van der Waals surface area contributed by atoms with Crippen molar-refractivity contribution in [1.29, 1.82) is 0 Å². The lowest BCUT2D eigenvalue weighted by Crippen LogP contribution is -2.35. The van der Waals surface area contributed by atoms with Gasteiger partial charge < -0.3 is 15.3 Å². The zero-order chi connectivity index (χ0) is 14.6. The molecule has 0 saturated carbocycles. The fourth-order valence-electron chi connectivity index (χ4n) is 1.97. The van der Waals surface area contributed by atoms with Gasteiger partial charge in [-0.25, -0.2) is 4.98 Å². The van der Waals surface area contributed by atoms with E-state index in [1.807, 2.05) is 18.1 Å². The van der Waals surface area contributed by atoms with Gasteiger partial charge in [-0.15, -0.1) is 0 Å². The molecule has 1 unspecified atom stereocenters. The third kappa shape index (κ3) is 5.57. The number of aryl methyl sites for hydroxylation is 1. The second kappa shape index (κ2) is 6.35. The number of aromatic nitrogens is 1. The van der Waals surface area contributed by atoms with Crippen molar-refractivity contribution in [2.45, 2.75) is 52.8 Å². The summed E-state index contributed by atoms with van der Waals surface area (Å²) >= 11 is 0. The molecule has 19 heavy (non-hydrogen) atoms. The largest absolute Gasteiger partial charge is 0.392 e. The molecule has 4 heteroatoms. The zero-order valence-corrected chi connectivity index (χ0v) is 13.0. The van der Waals surface area contributed by atoms with Gasteiger partial charge in [0.2, 0.25) is 0 Å². The van der Waals surface area contributed by atoms with Crippen LogP contribution in [0, 0.1) is 6.92 Å². The fourth-order valence-corrected chi connectivity index (χ4v) is 1.97. The second-order valence-electron chi connectivity index (χ2n) is 6.32.